The molecule has 1 aliphatic heterocycles. The number of carbonyl (C=O) groups excluding carboxylic acids is 2. The van der Waals surface area contributed by atoms with Gasteiger partial charge in [-0.3, -0.25) is 9.59 Å². The van der Waals surface area contributed by atoms with Gasteiger partial charge in [-0.2, -0.15) is 0 Å². The molecule has 0 saturated carbocycles. The van der Waals surface area contributed by atoms with Gasteiger partial charge >= 0.3 is 0 Å². The molecule has 2 amide bonds. The first-order valence-electron chi connectivity index (χ1n) is 6.29. The lowest BCUT2D eigenvalue weighted by Crippen LogP contribution is -2.62. The minimum absolute atomic E-state index is 0.0446. The van der Waals surface area contributed by atoms with E-state index in [0.29, 0.717) is 32.8 Å². The molecule has 0 bridgehead atoms. The number of hydrogen-bond acceptors (Lipinski definition) is 4. The zero-order chi connectivity index (χ0) is 13.5. The second-order valence-corrected chi connectivity index (χ2v) is 4.29. The predicted molar refractivity (Wildman–Crippen MR) is 66.1 cm³/mol. The molecule has 0 aromatic rings. The van der Waals surface area contributed by atoms with E-state index in [4.69, 9.17) is 9.47 Å². The van der Waals surface area contributed by atoms with Crippen LogP contribution in [-0.2, 0) is 19.1 Å². The van der Waals surface area contributed by atoms with Gasteiger partial charge in [0.05, 0.1) is 19.8 Å². The number of nitrogens with zero attached hydrogens (tertiary/aromatic N) is 1. The summed E-state index contributed by atoms with van der Waals surface area (Å²) in [6.07, 6.45) is 0.613. The molecule has 2 atom stereocenters. The monoisotopic (exact) mass is 258 g/mol. The van der Waals surface area contributed by atoms with E-state index in [1.54, 1.807) is 18.9 Å². The smallest absolute Gasteiger partial charge is 0.245 e. The average molecular weight is 258 g/mol. The van der Waals surface area contributed by atoms with Gasteiger partial charge in [-0.25, -0.2) is 0 Å². The predicted octanol–water partition coefficient (Wildman–Crippen LogP) is -0.225. The standard InChI is InChI=1S/C12H22N2O4/c1-4-10-11(15)13-9(2)12(16)14(10)5-6-18-8-7-17-3/h9-10H,4-8H2,1-3H3,(H,13,15). The van der Waals surface area contributed by atoms with Crippen LogP contribution >= 0.6 is 0 Å². The summed E-state index contributed by atoms with van der Waals surface area (Å²) >= 11 is 0. The van der Waals surface area contributed by atoms with Crippen LogP contribution < -0.4 is 5.32 Å². The van der Waals surface area contributed by atoms with Crippen molar-refractivity contribution in [2.75, 3.05) is 33.5 Å². The van der Waals surface area contributed by atoms with Crippen LogP contribution in [0, 0.1) is 0 Å². The Kier molecular flexibility index (Phi) is 6.07. The van der Waals surface area contributed by atoms with Crippen molar-refractivity contribution in [3.05, 3.63) is 0 Å². The lowest BCUT2D eigenvalue weighted by Gasteiger charge is -2.37. The largest absolute Gasteiger partial charge is 0.382 e. The quantitative estimate of drug-likeness (QED) is 0.641. The number of amides is 2. The third-order valence-electron chi connectivity index (χ3n) is 2.99. The number of hydrogen-bond donors (Lipinski definition) is 1. The third kappa shape index (κ3) is 3.68. The Bertz CT molecular complexity index is 296. The van der Waals surface area contributed by atoms with Crippen molar-refractivity contribution < 1.29 is 19.1 Å². The van der Waals surface area contributed by atoms with E-state index in [1.165, 1.54) is 0 Å². The molecule has 0 aliphatic carbocycles. The number of carbonyl (C=O) groups is 2. The van der Waals surface area contributed by atoms with Crippen molar-refractivity contribution in [1.82, 2.24) is 10.2 Å². The highest BCUT2D eigenvalue weighted by Crippen LogP contribution is 2.12. The van der Waals surface area contributed by atoms with Crippen LogP contribution in [0.5, 0.6) is 0 Å². The molecule has 1 N–H and O–H groups in total. The highest BCUT2D eigenvalue weighted by molar-refractivity contribution is 5.96. The maximum absolute atomic E-state index is 12.0. The fourth-order valence-electron chi connectivity index (χ4n) is 1.99. The van der Waals surface area contributed by atoms with E-state index in [2.05, 4.69) is 5.32 Å². The van der Waals surface area contributed by atoms with Gasteiger partial charge in [0.25, 0.3) is 0 Å². The van der Waals surface area contributed by atoms with Gasteiger partial charge < -0.3 is 19.7 Å². The molecule has 2 unspecified atom stereocenters. The van der Waals surface area contributed by atoms with E-state index >= 15 is 0 Å². The fraction of sp³-hybridized carbons (Fsp3) is 0.833. The van der Waals surface area contributed by atoms with Crippen LogP contribution in [0.1, 0.15) is 20.3 Å². The molecule has 0 radical (unpaired) electrons. The molecule has 0 aromatic carbocycles. The van der Waals surface area contributed by atoms with Crippen molar-refractivity contribution in [2.24, 2.45) is 0 Å². The zero-order valence-corrected chi connectivity index (χ0v) is 11.3. The summed E-state index contributed by atoms with van der Waals surface area (Å²) in [5, 5.41) is 2.68. The first-order chi connectivity index (χ1) is 8.61. The zero-order valence-electron chi connectivity index (χ0n) is 11.3. The maximum Gasteiger partial charge on any atom is 0.245 e. The normalized spacial score (nSPS) is 24.3. The average Bonchev–Trinajstić information content (AvgIpc) is 2.35. The van der Waals surface area contributed by atoms with Crippen molar-refractivity contribution in [3.63, 3.8) is 0 Å². The number of piperazine rings is 1. The van der Waals surface area contributed by atoms with Crippen LogP contribution in [-0.4, -0.2) is 62.3 Å². The first-order valence-corrected chi connectivity index (χ1v) is 6.29. The summed E-state index contributed by atoms with van der Waals surface area (Å²) in [5.41, 5.74) is 0. The molecule has 18 heavy (non-hydrogen) atoms. The van der Waals surface area contributed by atoms with Crippen molar-refractivity contribution in [1.29, 1.82) is 0 Å². The summed E-state index contributed by atoms with van der Waals surface area (Å²) in [4.78, 5) is 25.4. The molecule has 104 valence electrons. The SMILES string of the molecule is CCC1C(=O)NC(C)C(=O)N1CCOCCOC. The van der Waals surface area contributed by atoms with Gasteiger partial charge in [-0.05, 0) is 13.3 Å². The van der Waals surface area contributed by atoms with Gasteiger partial charge in [-0.15, -0.1) is 0 Å². The Morgan fingerprint density at radius 2 is 2.00 bits per heavy atom. The number of rotatable bonds is 7. The lowest BCUT2D eigenvalue weighted by molar-refractivity contribution is -0.149. The Labute approximate surface area is 108 Å². The van der Waals surface area contributed by atoms with Gasteiger partial charge in [0.2, 0.25) is 11.8 Å². The summed E-state index contributed by atoms with van der Waals surface area (Å²) < 4.78 is 10.2. The molecule has 1 saturated heterocycles. The molecule has 1 fully saturated rings. The van der Waals surface area contributed by atoms with Crippen molar-refractivity contribution >= 4 is 11.8 Å². The van der Waals surface area contributed by atoms with Crippen molar-refractivity contribution in [2.45, 2.75) is 32.4 Å². The Morgan fingerprint density at radius 1 is 1.28 bits per heavy atom. The van der Waals surface area contributed by atoms with Crippen LogP contribution in [0.15, 0.2) is 0 Å². The van der Waals surface area contributed by atoms with E-state index < -0.39 is 6.04 Å². The number of ether oxygens (including phenoxy) is 2. The van der Waals surface area contributed by atoms with Gasteiger partial charge in [-0.1, -0.05) is 6.92 Å². The molecule has 6 nitrogen and oxygen atoms in total. The van der Waals surface area contributed by atoms with Crippen LogP contribution in [0.3, 0.4) is 0 Å². The van der Waals surface area contributed by atoms with E-state index in [-0.39, 0.29) is 17.9 Å². The van der Waals surface area contributed by atoms with Crippen LogP contribution in [0.25, 0.3) is 0 Å². The highest BCUT2D eigenvalue weighted by atomic mass is 16.5. The second kappa shape index (κ2) is 7.33. The van der Waals surface area contributed by atoms with Crippen LogP contribution in [0.4, 0.5) is 0 Å². The molecule has 1 heterocycles. The summed E-state index contributed by atoms with van der Waals surface area (Å²) in [6, 6.07) is -0.820. The highest BCUT2D eigenvalue weighted by Gasteiger charge is 2.36. The molecule has 0 aromatic heterocycles. The van der Waals surface area contributed by atoms with Crippen molar-refractivity contribution in [3.8, 4) is 0 Å². The van der Waals surface area contributed by atoms with E-state index in [0.717, 1.165) is 0 Å². The second-order valence-electron chi connectivity index (χ2n) is 4.29. The maximum atomic E-state index is 12.0. The molecular weight excluding hydrogens is 236 g/mol. The van der Waals surface area contributed by atoms with E-state index in [1.807, 2.05) is 6.92 Å². The molecular formula is C12H22N2O4. The Balaban J connectivity index is 2.47. The third-order valence-corrected chi connectivity index (χ3v) is 2.99. The molecule has 1 aliphatic rings. The first kappa shape index (κ1) is 14.9. The number of methoxy groups -OCH3 is 1. The molecule has 0 spiro atoms. The summed E-state index contributed by atoms with van der Waals surface area (Å²) in [7, 11) is 1.61. The van der Waals surface area contributed by atoms with Gasteiger partial charge in [0.1, 0.15) is 12.1 Å². The lowest BCUT2D eigenvalue weighted by atomic mass is 10.1. The Morgan fingerprint density at radius 3 is 2.61 bits per heavy atom. The molecule has 1 rings (SSSR count). The van der Waals surface area contributed by atoms with Gasteiger partial charge in [0, 0.05) is 13.7 Å². The fourth-order valence-corrected chi connectivity index (χ4v) is 1.99. The molecule has 6 heteroatoms. The summed E-state index contributed by atoms with van der Waals surface area (Å²) in [6.45, 7) is 5.49. The van der Waals surface area contributed by atoms with Gasteiger partial charge in [0.15, 0.2) is 0 Å². The summed E-state index contributed by atoms with van der Waals surface area (Å²) in [5.74, 6) is -0.127. The minimum atomic E-state index is -0.445. The topological polar surface area (TPSA) is 67.9 Å². The number of nitrogens with one attached hydrogen (secondary N) is 1. The Hall–Kier alpha value is -1.14. The van der Waals surface area contributed by atoms with Crippen LogP contribution in [0.2, 0.25) is 0 Å². The minimum Gasteiger partial charge on any atom is -0.382 e. The van der Waals surface area contributed by atoms with E-state index in [9.17, 15) is 9.59 Å².